The van der Waals surface area contributed by atoms with E-state index in [1.807, 2.05) is 0 Å². The SMILES string of the molecule is CCC(=O)O.c1c(N2CCCC2)nc(N2CCCC2)nc1N1CCNCC1. The molecular formula is C19H32N6O2. The maximum absolute atomic E-state index is 9.37. The average Bonchev–Trinajstić information content (AvgIpc) is 3.43. The number of carbonyl (C=O) groups is 1. The standard InChI is InChI=1S/C16H26N6.C3H6O2/c1-2-8-20(7-1)14-13-15(21-11-5-17-6-12-21)19-16(18-14)22-9-3-4-10-22;1-2-3(4)5/h13,17H,1-12H2;2H2,1H3,(H,4,5). The third kappa shape index (κ3) is 5.45. The van der Waals surface area contributed by atoms with Crippen molar-refractivity contribution >= 4 is 23.6 Å². The third-order valence-corrected chi connectivity index (χ3v) is 5.25. The van der Waals surface area contributed by atoms with Gasteiger partial charge in [-0.05, 0) is 25.7 Å². The second kappa shape index (κ2) is 9.73. The molecule has 0 atom stereocenters. The highest BCUT2D eigenvalue weighted by atomic mass is 16.4. The van der Waals surface area contributed by atoms with Crippen molar-refractivity contribution in [2.75, 3.05) is 67.1 Å². The fourth-order valence-electron chi connectivity index (χ4n) is 3.63. The van der Waals surface area contributed by atoms with Crippen LogP contribution in [0.4, 0.5) is 17.6 Å². The van der Waals surface area contributed by atoms with Gasteiger partial charge in [0.2, 0.25) is 5.95 Å². The number of carboxylic acids is 1. The lowest BCUT2D eigenvalue weighted by Gasteiger charge is -2.30. The number of hydrogen-bond donors (Lipinski definition) is 2. The number of nitrogens with zero attached hydrogens (tertiary/aromatic N) is 5. The summed E-state index contributed by atoms with van der Waals surface area (Å²) in [5, 5.41) is 11.1. The summed E-state index contributed by atoms with van der Waals surface area (Å²) in [6.07, 6.45) is 5.32. The van der Waals surface area contributed by atoms with Crippen LogP contribution in [-0.4, -0.2) is 73.4 Å². The molecule has 0 saturated carbocycles. The van der Waals surface area contributed by atoms with E-state index in [1.54, 1.807) is 6.92 Å². The van der Waals surface area contributed by atoms with Crippen LogP contribution in [0.1, 0.15) is 39.0 Å². The zero-order valence-electron chi connectivity index (χ0n) is 16.4. The van der Waals surface area contributed by atoms with Crippen molar-refractivity contribution in [3.05, 3.63) is 6.07 Å². The maximum atomic E-state index is 9.37. The molecule has 4 heterocycles. The number of aromatic nitrogens is 2. The molecule has 2 N–H and O–H groups in total. The zero-order valence-corrected chi connectivity index (χ0v) is 16.4. The Hall–Kier alpha value is -2.09. The third-order valence-electron chi connectivity index (χ3n) is 5.25. The summed E-state index contributed by atoms with van der Waals surface area (Å²) in [5.41, 5.74) is 0. The Morgan fingerprint density at radius 1 is 0.926 bits per heavy atom. The van der Waals surface area contributed by atoms with Crippen LogP contribution < -0.4 is 20.0 Å². The Morgan fingerprint density at radius 2 is 1.37 bits per heavy atom. The van der Waals surface area contributed by atoms with Gasteiger partial charge in [-0.3, -0.25) is 4.79 Å². The fraction of sp³-hybridized carbons (Fsp3) is 0.737. The zero-order chi connectivity index (χ0) is 19.1. The van der Waals surface area contributed by atoms with Crippen LogP contribution in [-0.2, 0) is 4.79 Å². The number of anilines is 3. The van der Waals surface area contributed by atoms with Crippen molar-refractivity contribution < 1.29 is 9.90 Å². The number of rotatable bonds is 4. The van der Waals surface area contributed by atoms with Crippen molar-refractivity contribution in [2.45, 2.75) is 39.0 Å². The summed E-state index contributed by atoms with van der Waals surface area (Å²) in [4.78, 5) is 26.3. The van der Waals surface area contributed by atoms with Gasteiger partial charge in [0.1, 0.15) is 11.6 Å². The molecule has 8 nitrogen and oxygen atoms in total. The molecule has 0 spiro atoms. The molecule has 0 radical (unpaired) electrons. The normalized spacial score (nSPS) is 19.8. The van der Waals surface area contributed by atoms with Gasteiger partial charge in [0.25, 0.3) is 0 Å². The first-order chi connectivity index (χ1) is 13.2. The van der Waals surface area contributed by atoms with Gasteiger partial charge < -0.3 is 25.1 Å². The van der Waals surface area contributed by atoms with E-state index in [1.165, 1.54) is 25.7 Å². The predicted molar refractivity (Wildman–Crippen MR) is 108 cm³/mol. The summed E-state index contributed by atoms with van der Waals surface area (Å²) in [7, 11) is 0. The van der Waals surface area contributed by atoms with E-state index < -0.39 is 5.97 Å². The van der Waals surface area contributed by atoms with Crippen molar-refractivity contribution in [2.24, 2.45) is 0 Å². The fourth-order valence-corrected chi connectivity index (χ4v) is 3.63. The summed E-state index contributed by atoms with van der Waals surface area (Å²) in [6.45, 7) is 10.2. The minimum Gasteiger partial charge on any atom is -0.481 e. The molecule has 4 rings (SSSR count). The summed E-state index contributed by atoms with van der Waals surface area (Å²) in [6, 6.07) is 2.20. The van der Waals surface area contributed by atoms with Crippen LogP contribution in [0.15, 0.2) is 6.07 Å². The van der Waals surface area contributed by atoms with E-state index in [0.29, 0.717) is 0 Å². The van der Waals surface area contributed by atoms with Gasteiger partial charge in [-0.15, -0.1) is 0 Å². The van der Waals surface area contributed by atoms with Crippen LogP contribution in [0, 0.1) is 0 Å². The summed E-state index contributed by atoms with van der Waals surface area (Å²) < 4.78 is 0. The topological polar surface area (TPSA) is 84.8 Å². The van der Waals surface area contributed by atoms with Crippen molar-refractivity contribution in [3.8, 4) is 0 Å². The molecule has 27 heavy (non-hydrogen) atoms. The summed E-state index contributed by atoms with van der Waals surface area (Å²) >= 11 is 0. The predicted octanol–water partition coefficient (Wildman–Crippen LogP) is 1.57. The quantitative estimate of drug-likeness (QED) is 0.819. The number of carboxylic acid groups (broad SMARTS) is 1. The smallest absolute Gasteiger partial charge is 0.303 e. The Morgan fingerprint density at radius 3 is 1.85 bits per heavy atom. The number of aliphatic carboxylic acids is 1. The highest BCUT2D eigenvalue weighted by molar-refractivity contribution is 5.66. The van der Waals surface area contributed by atoms with E-state index >= 15 is 0 Å². The van der Waals surface area contributed by atoms with Crippen molar-refractivity contribution in [1.82, 2.24) is 15.3 Å². The monoisotopic (exact) mass is 376 g/mol. The van der Waals surface area contributed by atoms with Crippen LogP contribution in [0.3, 0.4) is 0 Å². The summed E-state index contributed by atoms with van der Waals surface area (Å²) in [5.74, 6) is 2.43. The van der Waals surface area contributed by atoms with E-state index in [9.17, 15) is 4.79 Å². The first-order valence-corrected chi connectivity index (χ1v) is 10.2. The first-order valence-electron chi connectivity index (χ1n) is 10.2. The number of piperazine rings is 1. The van der Waals surface area contributed by atoms with Crippen LogP contribution >= 0.6 is 0 Å². The van der Waals surface area contributed by atoms with Crippen LogP contribution in [0.25, 0.3) is 0 Å². The molecule has 0 unspecified atom stereocenters. The van der Waals surface area contributed by atoms with E-state index in [4.69, 9.17) is 15.1 Å². The molecule has 3 fully saturated rings. The molecule has 3 saturated heterocycles. The molecule has 3 aliphatic rings. The van der Waals surface area contributed by atoms with Gasteiger partial charge in [-0.1, -0.05) is 6.92 Å². The maximum Gasteiger partial charge on any atom is 0.303 e. The lowest BCUT2D eigenvalue weighted by atomic mass is 10.3. The van der Waals surface area contributed by atoms with E-state index in [2.05, 4.69) is 26.1 Å². The minimum atomic E-state index is -0.745. The molecule has 1 aromatic heterocycles. The molecule has 1 aromatic rings. The number of hydrogen-bond acceptors (Lipinski definition) is 7. The molecule has 0 aromatic carbocycles. The molecular weight excluding hydrogens is 344 g/mol. The first kappa shape index (κ1) is 19.7. The van der Waals surface area contributed by atoms with Crippen molar-refractivity contribution in [1.29, 1.82) is 0 Å². The minimum absolute atomic E-state index is 0.222. The highest BCUT2D eigenvalue weighted by Crippen LogP contribution is 2.27. The molecule has 0 amide bonds. The molecule has 0 aliphatic carbocycles. The molecule has 150 valence electrons. The van der Waals surface area contributed by atoms with Gasteiger partial charge >= 0.3 is 5.97 Å². The average molecular weight is 377 g/mol. The number of nitrogens with one attached hydrogen (secondary N) is 1. The van der Waals surface area contributed by atoms with Crippen LogP contribution in [0.5, 0.6) is 0 Å². The lowest BCUT2D eigenvalue weighted by molar-refractivity contribution is -0.136. The van der Waals surface area contributed by atoms with Gasteiger partial charge in [0, 0.05) is 64.8 Å². The Labute approximate surface area is 161 Å². The Balaban J connectivity index is 0.000000376. The molecule has 0 bridgehead atoms. The molecule has 3 aliphatic heterocycles. The van der Waals surface area contributed by atoms with Crippen molar-refractivity contribution in [3.63, 3.8) is 0 Å². The van der Waals surface area contributed by atoms with Gasteiger partial charge in [-0.25, -0.2) is 0 Å². The lowest BCUT2D eigenvalue weighted by Crippen LogP contribution is -2.44. The highest BCUT2D eigenvalue weighted by Gasteiger charge is 2.22. The Bertz CT molecular complexity index is 574. The largest absolute Gasteiger partial charge is 0.481 e. The Kier molecular flexibility index (Phi) is 7.09. The van der Waals surface area contributed by atoms with Crippen LogP contribution in [0.2, 0.25) is 0 Å². The van der Waals surface area contributed by atoms with E-state index in [-0.39, 0.29) is 6.42 Å². The molecule has 8 heteroatoms. The van der Waals surface area contributed by atoms with E-state index in [0.717, 1.165) is 69.9 Å². The van der Waals surface area contributed by atoms with Gasteiger partial charge in [0.05, 0.1) is 0 Å². The second-order valence-corrected chi connectivity index (χ2v) is 7.26. The van der Waals surface area contributed by atoms with Gasteiger partial charge in [-0.2, -0.15) is 9.97 Å². The van der Waals surface area contributed by atoms with Gasteiger partial charge in [0.15, 0.2) is 0 Å². The second-order valence-electron chi connectivity index (χ2n) is 7.26.